The van der Waals surface area contributed by atoms with E-state index in [-0.39, 0.29) is 36.4 Å². The lowest BCUT2D eigenvalue weighted by atomic mass is 10.0. The number of likely N-dealkylation sites (N-methyl/N-ethyl adjacent to an activating group) is 1. The number of carbonyl (C=O) groups is 1. The zero-order chi connectivity index (χ0) is 21.8. The summed E-state index contributed by atoms with van der Waals surface area (Å²) < 4.78 is 5.89. The first-order valence-corrected chi connectivity index (χ1v) is 12.5. The Morgan fingerprint density at radius 1 is 0.733 bits per heavy atom. The molecule has 5 heteroatoms. The average molecular weight is 542 g/mol. The van der Waals surface area contributed by atoms with E-state index in [4.69, 9.17) is 4.74 Å². The predicted molar refractivity (Wildman–Crippen MR) is 124 cm³/mol. The zero-order valence-corrected chi connectivity index (χ0v) is 22.8. The van der Waals surface area contributed by atoms with E-state index in [0.717, 1.165) is 12.8 Å². The molecule has 0 rings (SSSR count). The van der Waals surface area contributed by atoms with Gasteiger partial charge in [-0.3, -0.25) is 4.79 Å². The third kappa shape index (κ3) is 26.2. The Morgan fingerprint density at radius 3 is 1.47 bits per heavy atom. The summed E-state index contributed by atoms with van der Waals surface area (Å²) in [5, 5.41) is 9.88. The first-order chi connectivity index (χ1) is 13.8. The van der Waals surface area contributed by atoms with E-state index in [9.17, 15) is 9.90 Å². The molecule has 0 heterocycles. The number of quaternary nitrogens is 1. The minimum atomic E-state index is -0.617. The molecular formula is C25H52INO3. The summed E-state index contributed by atoms with van der Waals surface area (Å²) in [5.41, 5.74) is 0. The molecule has 0 aromatic heterocycles. The fourth-order valence-corrected chi connectivity index (χ4v) is 3.78. The normalized spacial score (nSPS) is 12.4. The van der Waals surface area contributed by atoms with E-state index in [2.05, 4.69) is 6.92 Å². The average Bonchev–Trinajstić information content (AvgIpc) is 2.62. The maximum Gasteiger partial charge on any atom is 0.308 e. The van der Waals surface area contributed by atoms with E-state index in [1.807, 2.05) is 21.1 Å². The van der Waals surface area contributed by atoms with Crippen LogP contribution in [0.2, 0.25) is 0 Å². The van der Waals surface area contributed by atoms with Crippen molar-refractivity contribution in [1.29, 1.82) is 0 Å². The van der Waals surface area contributed by atoms with Gasteiger partial charge in [0, 0.05) is 0 Å². The molecule has 0 unspecified atom stereocenters. The lowest BCUT2D eigenvalue weighted by Gasteiger charge is -2.26. The molecule has 1 atom stereocenters. The molecule has 0 aromatic carbocycles. The Hall–Kier alpha value is 0.120. The second-order valence-electron chi connectivity index (χ2n) is 9.85. The summed E-state index contributed by atoms with van der Waals surface area (Å²) in [7, 11) is 6.01. The van der Waals surface area contributed by atoms with Gasteiger partial charge in [-0.25, -0.2) is 0 Å². The molecule has 4 nitrogen and oxygen atoms in total. The number of halogens is 1. The molecule has 0 aromatic rings. The van der Waals surface area contributed by atoms with Crippen LogP contribution in [0.4, 0.5) is 0 Å². The number of unbranched alkanes of at least 4 members (excludes halogenated alkanes) is 15. The Kier molecular flexibility index (Phi) is 24.0. The summed E-state index contributed by atoms with van der Waals surface area (Å²) >= 11 is 0. The van der Waals surface area contributed by atoms with Crippen molar-refractivity contribution >= 4 is 5.97 Å². The van der Waals surface area contributed by atoms with Gasteiger partial charge in [-0.1, -0.05) is 103 Å². The van der Waals surface area contributed by atoms with Crippen molar-refractivity contribution in [2.75, 3.05) is 34.3 Å². The van der Waals surface area contributed by atoms with Crippen molar-refractivity contribution in [2.24, 2.45) is 0 Å². The van der Waals surface area contributed by atoms with Gasteiger partial charge in [0.05, 0.1) is 34.2 Å². The highest BCUT2D eigenvalue weighted by Crippen LogP contribution is 2.13. The predicted octanol–water partition coefficient (Wildman–Crippen LogP) is 3.25. The van der Waals surface area contributed by atoms with Gasteiger partial charge in [0.1, 0.15) is 12.6 Å². The highest BCUT2D eigenvalue weighted by atomic mass is 127. The van der Waals surface area contributed by atoms with Crippen LogP contribution < -0.4 is 24.0 Å². The van der Waals surface area contributed by atoms with Gasteiger partial charge in [-0.05, 0) is 6.42 Å². The van der Waals surface area contributed by atoms with Crippen molar-refractivity contribution in [3.05, 3.63) is 0 Å². The number of aliphatic hydroxyl groups excluding tert-OH is 1. The SMILES string of the molecule is CCCCCCCCCCCCCCCCCCOC(=O)C[C@H](O)C[N+](C)(C)C.[I-]. The Labute approximate surface area is 205 Å². The van der Waals surface area contributed by atoms with Crippen LogP contribution in [0.3, 0.4) is 0 Å². The van der Waals surface area contributed by atoms with Crippen LogP contribution in [0.25, 0.3) is 0 Å². The van der Waals surface area contributed by atoms with Crippen LogP contribution in [0.1, 0.15) is 116 Å². The Balaban J connectivity index is 0. The standard InChI is InChI=1S/C25H52NO3.HI/c1-5-6-7-8-9-10-11-12-13-14-15-16-17-18-19-20-21-29-25(28)22-24(27)23-26(2,3)4;/h24,27H,5-23H2,1-4H3;1H/q+1;/p-1/t24-;/m0./s1. The van der Waals surface area contributed by atoms with Gasteiger partial charge >= 0.3 is 5.97 Å². The van der Waals surface area contributed by atoms with Crippen molar-refractivity contribution in [1.82, 2.24) is 0 Å². The molecule has 0 spiro atoms. The maximum atomic E-state index is 11.7. The number of nitrogens with zero attached hydrogens (tertiary/aromatic N) is 1. The minimum Gasteiger partial charge on any atom is -1.00 e. The summed E-state index contributed by atoms with van der Waals surface area (Å²) in [6, 6.07) is 0. The minimum absolute atomic E-state index is 0. The number of hydrogen-bond acceptors (Lipinski definition) is 3. The zero-order valence-electron chi connectivity index (χ0n) is 20.6. The molecule has 0 saturated heterocycles. The molecule has 0 aliphatic rings. The van der Waals surface area contributed by atoms with Gasteiger partial charge in [0.25, 0.3) is 0 Å². The van der Waals surface area contributed by atoms with Gasteiger partial charge in [0.15, 0.2) is 0 Å². The van der Waals surface area contributed by atoms with E-state index in [0.29, 0.717) is 17.6 Å². The largest absolute Gasteiger partial charge is 1.00 e. The topological polar surface area (TPSA) is 46.5 Å². The fourth-order valence-electron chi connectivity index (χ4n) is 3.78. The van der Waals surface area contributed by atoms with Crippen molar-refractivity contribution in [3.63, 3.8) is 0 Å². The lowest BCUT2D eigenvalue weighted by molar-refractivity contribution is -0.873. The van der Waals surface area contributed by atoms with Crippen molar-refractivity contribution in [3.8, 4) is 0 Å². The molecule has 0 aliphatic carbocycles. The quantitative estimate of drug-likeness (QED) is 0.105. The number of hydrogen-bond donors (Lipinski definition) is 1. The van der Waals surface area contributed by atoms with Crippen molar-refractivity contribution < 1.29 is 43.1 Å². The third-order valence-corrected chi connectivity index (χ3v) is 5.42. The molecule has 0 amide bonds. The second kappa shape index (κ2) is 22.3. The third-order valence-electron chi connectivity index (χ3n) is 5.42. The van der Waals surface area contributed by atoms with Crippen LogP contribution in [0.15, 0.2) is 0 Å². The summed E-state index contributed by atoms with van der Waals surface area (Å²) in [6.45, 7) is 3.34. The molecule has 182 valence electrons. The van der Waals surface area contributed by atoms with Gasteiger partial charge in [-0.2, -0.15) is 0 Å². The summed E-state index contributed by atoms with van der Waals surface area (Å²) in [6.07, 6.45) is 20.9. The first kappa shape index (κ1) is 32.3. The number of aliphatic hydroxyl groups is 1. The summed E-state index contributed by atoms with van der Waals surface area (Å²) in [5.74, 6) is -0.271. The highest BCUT2D eigenvalue weighted by molar-refractivity contribution is 5.69. The molecule has 30 heavy (non-hydrogen) atoms. The van der Waals surface area contributed by atoms with Crippen molar-refractivity contribution in [2.45, 2.75) is 122 Å². The van der Waals surface area contributed by atoms with Crippen LogP contribution in [0.5, 0.6) is 0 Å². The monoisotopic (exact) mass is 541 g/mol. The molecule has 0 aliphatic heterocycles. The first-order valence-electron chi connectivity index (χ1n) is 12.5. The van der Waals surface area contributed by atoms with E-state index in [1.54, 1.807) is 0 Å². The lowest BCUT2D eigenvalue weighted by Crippen LogP contribution is -3.00. The Bertz CT molecular complexity index is 372. The smallest absolute Gasteiger partial charge is 0.308 e. The van der Waals surface area contributed by atoms with Gasteiger partial charge in [-0.15, -0.1) is 0 Å². The maximum absolute atomic E-state index is 11.7. The van der Waals surface area contributed by atoms with Gasteiger partial charge in [0.2, 0.25) is 0 Å². The Morgan fingerprint density at radius 2 is 1.10 bits per heavy atom. The molecule has 0 fully saturated rings. The summed E-state index contributed by atoms with van der Waals surface area (Å²) in [4.78, 5) is 11.7. The van der Waals surface area contributed by atoms with Gasteiger partial charge < -0.3 is 38.3 Å². The number of esters is 1. The fraction of sp³-hybridized carbons (Fsp3) is 0.960. The molecule has 0 radical (unpaired) electrons. The van der Waals surface area contributed by atoms with Crippen LogP contribution in [-0.4, -0.2) is 56.0 Å². The van der Waals surface area contributed by atoms with Crippen LogP contribution in [-0.2, 0) is 9.53 Å². The molecular weight excluding hydrogens is 489 g/mol. The number of carbonyl (C=O) groups excluding carboxylic acids is 1. The second-order valence-corrected chi connectivity index (χ2v) is 9.85. The van der Waals surface area contributed by atoms with E-state index < -0.39 is 6.10 Å². The molecule has 0 bridgehead atoms. The number of rotatable bonds is 21. The molecule has 1 N–H and O–H groups in total. The highest BCUT2D eigenvalue weighted by Gasteiger charge is 2.19. The van der Waals surface area contributed by atoms with E-state index >= 15 is 0 Å². The van der Waals surface area contributed by atoms with Crippen LogP contribution >= 0.6 is 0 Å². The van der Waals surface area contributed by atoms with Crippen LogP contribution in [0, 0.1) is 0 Å². The van der Waals surface area contributed by atoms with E-state index in [1.165, 1.54) is 89.9 Å². The molecule has 0 saturated carbocycles. The number of ether oxygens (including phenoxy) is 1.